The number of hydrogen-bond donors (Lipinski definition) is 0. The van der Waals surface area contributed by atoms with Crippen molar-refractivity contribution in [2.45, 2.75) is 97.8 Å². The molecule has 1 aromatic heterocycles. The number of rotatable bonds is 12. The van der Waals surface area contributed by atoms with E-state index in [0.29, 0.717) is 0 Å². The lowest BCUT2D eigenvalue weighted by molar-refractivity contribution is 0.540. The van der Waals surface area contributed by atoms with Crippen molar-refractivity contribution in [3.05, 3.63) is 45.3 Å². The molecule has 0 saturated carbocycles. The third kappa shape index (κ3) is 5.72. The molecule has 0 radical (unpaired) electrons. The highest BCUT2D eigenvalue weighted by Gasteiger charge is 2.12. The fourth-order valence-electron chi connectivity index (χ4n) is 3.64. The fourth-order valence-corrected chi connectivity index (χ4v) is 3.64. The van der Waals surface area contributed by atoms with Crippen molar-refractivity contribution in [1.29, 1.82) is 0 Å². The molecule has 0 atom stereocenters. The van der Waals surface area contributed by atoms with Gasteiger partial charge in [0, 0.05) is 10.9 Å². The fraction of sp³-hybridized carbons (Fsp3) is 0.625. The normalized spacial score (nSPS) is 11.3. The van der Waals surface area contributed by atoms with E-state index in [-0.39, 0.29) is 5.63 Å². The van der Waals surface area contributed by atoms with Gasteiger partial charge in [0.15, 0.2) is 0 Å². The zero-order valence-electron chi connectivity index (χ0n) is 17.0. The predicted octanol–water partition coefficient (Wildman–Crippen LogP) is 6.99. The Morgan fingerprint density at radius 3 is 1.77 bits per heavy atom. The first kappa shape index (κ1) is 20.7. The van der Waals surface area contributed by atoms with Gasteiger partial charge in [-0.1, -0.05) is 71.4 Å². The van der Waals surface area contributed by atoms with Crippen LogP contribution < -0.4 is 5.63 Å². The summed E-state index contributed by atoms with van der Waals surface area (Å²) in [4.78, 5) is 12.5. The van der Waals surface area contributed by atoms with Gasteiger partial charge in [0.05, 0.1) is 0 Å². The molecule has 2 heteroatoms. The van der Waals surface area contributed by atoms with Gasteiger partial charge >= 0.3 is 5.63 Å². The van der Waals surface area contributed by atoms with E-state index in [1.54, 1.807) is 0 Å². The summed E-state index contributed by atoms with van der Waals surface area (Å²) in [5.74, 6) is 0. The van der Waals surface area contributed by atoms with Gasteiger partial charge in [-0.25, -0.2) is 4.79 Å². The minimum atomic E-state index is -0.129. The third-order valence-electron chi connectivity index (χ3n) is 5.29. The van der Waals surface area contributed by atoms with Crippen molar-refractivity contribution in [2.24, 2.45) is 0 Å². The van der Waals surface area contributed by atoms with Crippen LogP contribution in [0.4, 0.5) is 0 Å². The van der Waals surface area contributed by atoms with Crippen molar-refractivity contribution in [2.75, 3.05) is 0 Å². The van der Waals surface area contributed by atoms with Crippen LogP contribution >= 0.6 is 0 Å². The molecule has 0 N–H and O–H groups in total. The topological polar surface area (TPSA) is 30.2 Å². The molecule has 0 unspecified atom stereocenters. The first-order valence-electron chi connectivity index (χ1n) is 10.8. The Bertz CT molecular complexity index is 727. The highest BCUT2D eigenvalue weighted by atomic mass is 16.4. The summed E-state index contributed by atoms with van der Waals surface area (Å²) in [7, 11) is 0. The molecule has 0 amide bonds. The zero-order valence-corrected chi connectivity index (χ0v) is 17.0. The summed E-state index contributed by atoms with van der Waals surface area (Å²) < 4.78 is 5.88. The molecule has 1 aromatic carbocycles. The first-order chi connectivity index (χ1) is 12.7. The maximum Gasteiger partial charge on any atom is 0.339 e. The van der Waals surface area contributed by atoms with Crippen LogP contribution in [0.2, 0.25) is 0 Å². The van der Waals surface area contributed by atoms with Crippen LogP contribution in [-0.2, 0) is 19.3 Å². The van der Waals surface area contributed by atoms with E-state index in [0.717, 1.165) is 49.7 Å². The highest BCUT2D eigenvalue weighted by molar-refractivity contribution is 5.84. The predicted molar refractivity (Wildman–Crippen MR) is 112 cm³/mol. The van der Waals surface area contributed by atoms with Gasteiger partial charge in [-0.3, -0.25) is 0 Å². The van der Waals surface area contributed by atoms with Gasteiger partial charge in [-0.2, -0.15) is 0 Å². The molecule has 0 fully saturated rings. The minimum Gasteiger partial charge on any atom is -0.422 e. The largest absolute Gasteiger partial charge is 0.422 e. The lowest BCUT2D eigenvalue weighted by Crippen LogP contribution is -2.09. The van der Waals surface area contributed by atoms with Crippen molar-refractivity contribution >= 4 is 11.0 Å². The molecule has 0 aliphatic carbocycles. The van der Waals surface area contributed by atoms with Crippen molar-refractivity contribution in [3.63, 3.8) is 0 Å². The monoisotopic (exact) mass is 356 g/mol. The summed E-state index contributed by atoms with van der Waals surface area (Å²) in [6.45, 7) is 6.65. The molecule has 144 valence electrons. The van der Waals surface area contributed by atoms with Gasteiger partial charge in [-0.05, 0) is 55.7 Å². The molecule has 0 bridgehead atoms. The van der Waals surface area contributed by atoms with Crippen LogP contribution in [0.15, 0.2) is 27.4 Å². The van der Waals surface area contributed by atoms with E-state index in [2.05, 4.69) is 39.0 Å². The second-order valence-corrected chi connectivity index (χ2v) is 7.56. The van der Waals surface area contributed by atoms with Crippen LogP contribution in [0.3, 0.4) is 0 Å². The number of unbranched alkanes of at least 4 members (excludes halogenated alkanes) is 6. The van der Waals surface area contributed by atoms with Crippen LogP contribution in [0.1, 0.15) is 95.2 Å². The van der Waals surface area contributed by atoms with Gasteiger partial charge in [0.25, 0.3) is 0 Å². The standard InChI is InChI=1S/C24H36O2/c1-4-7-10-13-19-16-17-20(14-11-8-5-2)23-22(19)18-21(24(25)26-23)15-12-9-6-3/h16-18H,4-15H2,1-3H3. The maximum absolute atomic E-state index is 12.5. The molecule has 0 aliphatic rings. The average Bonchev–Trinajstić information content (AvgIpc) is 2.64. The van der Waals surface area contributed by atoms with E-state index in [1.165, 1.54) is 55.0 Å². The number of fused-ring (bicyclic) bond motifs is 1. The second-order valence-electron chi connectivity index (χ2n) is 7.56. The van der Waals surface area contributed by atoms with Crippen LogP contribution in [0, 0.1) is 0 Å². The molecule has 0 saturated heterocycles. The Morgan fingerprint density at radius 2 is 1.19 bits per heavy atom. The SMILES string of the molecule is CCCCCc1cc2c(CCCCC)ccc(CCCCC)c2oc1=O. The summed E-state index contributed by atoms with van der Waals surface area (Å²) in [5, 5.41) is 1.18. The Hall–Kier alpha value is -1.57. The van der Waals surface area contributed by atoms with Crippen LogP contribution in [0.25, 0.3) is 11.0 Å². The van der Waals surface area contributed by atoms with Gasteiger partial charge in [0.1, 0.15) is 5.58 Å². The zero-order chi connectivity index (χ0) is 18.8. The van der Waals surface area contributed by atoms with E-state index in [9.17, 15) is 4.79 Å². The number of hydrogen-bond acceptors (Lipinski definition) is 2. The first-order valence-corrected chi connectivity index (χ1v) is 10.8. The molecule has 0 spiro atoms. The van der Waals surface area contributed by atoms with E-state index < -0.39 is 0 Å². The maximum atomic E-state index is 12.5. The molecule has 2 aromatic rings. The lowest BCUT2D eigenvalue weighted by Gasteiger charge is -2.12. The molecule has 26 heavy (non-hydrogen) atoms. The smallest absolute Gasteiger partial charge is 0.339 e. The average molecular weight is 357 g/mol. The summed E-state index contributed by atoms with van der Waals surface area (Å²) in [5.41, 5.74) is 4.11. The summed E-state index contributed by atoms with van der Waals surface area (Å²) >= 11 is 0. The number of benzene rings is 1. The van der Waals surface area contributed by atoms with Gasteiger partial charge in [0.2, 0.25) is 0 Å². The van der Waals surface area contributed by atoms with Gasteiger partial charge in [-0.15, -0.1) is 0 Å². The molecular formula is C24H36O2. The van der Waals surface area contributed by atoms with E-state index in [4.69, 9.17) is 4.42 Å². The van der Waals surface area contributed by atoms with Crippen molar-refractivity contribution < 1.29 is 4.42 Å². The molecule has 2 rings (SSSR count). The van der Waals surface area contributed by atoms with Crippen LogP contribution in [-0.4, -0.2) is 0 Å². The quantitative estimate of drug-likeness (QED) is 0.303. The minimum absolute atomic E-state index is 0.129. The summed E-state index contributed by atoms with van der Waals surface area (Å²) in [6, 6.07) is 6.61. The Labute approximate surface area is 159 Å². The second kappa shape index (κ2) is 11.2. The molecule has 0 aliphatic heterocycles. The summed E-state index contributed by atoms with van der Waals surface area (Å²) in [6.07, 6.45) is 13.6. The van der Waals surface area contributed by atoms with Gasteiger partial charge < -0.3 is 4.42 Å². The van der Waals surface area contributed by atoms with Crippen molar-refractivity contribution in [3.8, 4) is 0 Å². The lowest BCUT2D eigenvalue weighted by atomic mass is 9.96. The Morgan fingerprint density at radius 1 is 0.692 bits per heavy atom. The van der Waals surface area contributed by atoms with Crippen LogP contribution in [0.5, 0.6) is 0 Å². The Balaban J connectivity index is 2.38. The molecular weight excluding hydrogens is 320 g/mol. The van der Waals surface area contributed by atoms with Crippen molar-refractivity contribution in [1.82, 2.24) is 0 Å². The third-order valence-corrected chi connectivity index (χ3v) is 5.29. The van der Waals surface area contributed by atoms with E-state index >= 15 is 0 Å². The molecule has 2 nitrogen and oxygen atoms in total. The molecule has 1 heterocycles. The number of aryl methyl sites for hydroxylation is 3. The Kier molecular flexibility index (Phi) is 8.94. The van der Waals surface area contributed by atoms with E-state index in [1.807, 2.05) is 0 Å². The highest BCUT2D eigenvalue weighted by Crippen LogP contribution is 2.26.